The van der Waals surface area contributed by atoms with Gasteiger partial charge >= 0.3 is 0 Å². The molecular formula is C23H22N4O4. The lowest BCUT2D eigenvalue weighted by atomic mass is 10.1. The summed E-state index contributed by atoms with van der Waals surface area (Å²) < 4.78 is 12.6. The van der Waals surface area contributed by atoms with E-state index in [-0.39, 0.29) is 18.6 Å². The van der Waals surface area contributed by atoms with E-state index in [0.29, 0.717) is 43.1 Å². The number of hydrogen-bond acceptors (Lipinski definition) is 5. The molecule has 2 aliphatic heterocycles. The average molecular weight is 418 g/mol. The minimum atomic E-state index is -0.507. The number of carbonyl (C=O) groups excluding carboxylic acids is 2. The summed E-state index contributed by atoms with van der Waals surface area (Å²) in [5.74, 6) is 1.16. The standard InChI is InChI=1S/C23H22N4O4/c28-22-8-6-19(27(22)14-17-5-7-20-21(12-17)31-15-30-20)23(29)25-18-4-1-3-16(11-18)13-26-10-2-9-24-26/h1-5,7,9-12,19H,6,8,13-15H2,(H,25,29). The van der Waals surface area contributed by atoms with E-state index in [4.69, 9.17) is 9.47 Å². The van der Waals surface area contributed by atoms with Crippen LogP contribution in [0.1, 0.15) is 24.0 Å². The summed E-state index contributed by atoms with van der Waals surface area (Å²) in [4.78, 5) is 27.1. The summed E-state index contributed by atoms with van der Waals surface area (Å²) in [6.45, 7) is 1.17. The molecule has 1 unspecified atom stereocenters. The molecule has 2 amide bonds. The van der Waals surface area contributed by atoms with E-state index in [9.17, 15) is 9.59 Å². The molecule has 0 bridgehead atoms. The molecule has 3 heterocycles. The molecule has 1 aromatic heterocycles. The first kappa shape index (κ1) is 19.2. The number of carbonyl (C=O) groups is 2. The number of benzene rings is 2. The molecule has 1 N–H and O–H groups in total. The minimum absolute atomic E-state index is 0.0229. The van der Waals surface area contributed by atoms with Gasteiger partial charge in [0.1, 0.15) is 6.04 Å². The Morgan fingerprint density at radius 2 is 1.94 bits per heavy atom. The first-order valence-corrected chi connectivity index (χ1v) is 10.2. The first-order valence-electron chi connectivity index (χ1n) is 10.2. The Morgan fingerprint density at radius 3 is 2.81 bits per heavy atom. The van der Waals surface area contributed by atoms with Crippen LogP contribution in [0.4, 0.5) is 5.69 Å². The second-order valence-corrected chi connectivity index (χ2v) is 7.66. The zero-order valence-electron chi connectivity index (χ0n) is 16.9. The Bertz CT molecular complexity index is 1110. The van der Waals surface area contributed by atoms with E-state index < -0.39 is 6.04 Å². The van der Waals surface area contributed by atoms with Gasteiger partial charge in [-0.15, -0.1) is 0 Å². The molecule has 2 aromatic carbocycles. The molecule has 2 aliphatic rings. The Morgan fingerprint density at radius 1 is 1.06 bits per heavy atom. The van der Waals surface area contributed by atoms with Crippen LogP contribution in [0.5, 0.6) is 11.5 Å². The Kier molecular flexibility index (Phi) is 5.03. The summed E-state index contributed by atoms with van der Waals surface area (Å²) in [7, 11) is 0. The molecule has 8 nitrogen and oxygen atoms in total. The van der Waals surface area contributed by atoms with Crippen LogP contribution in [-0.2, 0) is 22.7 Å². The fourth-order valence-electron chi connectivity index (χ4n) is 3.99. The van der Waals surface area contributed by atoms with Crippen LogP contribution in [0.3, 0.4) is 0 Å². The van der Waals surface area contributed by atoms with Gasteiger partial charge in [-0.25, -0.2) is 0 Å². The van der Waals surface area contributed by atoms with Gasteiger partial charge in [0.25, 0.3) is 0 Å². The van der Waals surface area contributed by atoms with E-state index in [1.165, 1.54) is 0 Å². The molecule has 5 rings (SSSR count). The number of amides is 2. The van der Waals surface area contributed by atoms with Gasteiger partial charge in [0.15, 0.2) is 11.5 Å². The highest BCUT2D eigenvalue weighted by molar-refractivity contribution is 5.99. The number of ether oxygens (including phenoxy) is 2. The maximum Gasteiger partial charge on any atom is 0.247 e. The van der Waals surface area contributed by atoms with Crippen molar-refractivity contribution in [3.05, 3.63) is 72.1 Å². The molecule has 0 radical (unpaired) electrons. The highest BCUT2D eigenvalue weighted by Gasteiger charge is 2.36. The molecule has 158 valence electrons. The number of hydrogen-bond donors (Lipinski definition) is 1. The quantitative estimate of drug-likeness (QED) is 0.665. The van der Waals surface area contributed by atoms with Crippen LogP contribution in [-0.4, -0.2) is 39.3 Å². The lowest BCUT2D eigenvalue weighted by Gasteiger charge is -2.24. The Labute approximate surface area is 179 Å². The molecule has 1 fully saturated rings. The van der Waals surface area contributed by atoms with Crippen molar-refractivity contribution in [3.8, 4) is 11.5 Å². The smallest absolute Gasteiger partial charge is 0.247 e. The molecule has 8 heteroatoms. The molecule has 0 saturated carbocycles. The third kappa shape index (κ3) is 4.09. The predicted octanol–water partition coefficient (Wildman–Crippen LogP) is 2.79. The van der Waals surface area contributed by atoms with Crippen molar-refractivity contribution in [2.45, 2.75) is 32.0 Å². The second kappa shape index (κ2) is 8.14. The zero-order valence-corrected chi connectivity index (χ0v) is 16.9. The maximum atomic E-state index is 13.0. The van der Waals surface area contributed by atoms with Crippen molar-refractivity contribution in [1.82, 2.24) is 14.7 Å². The van der Waals surface area contributed by atoms with Crippen LogP contribution in [0.15, 0.2) is 60.9 Å². The molecule has 0 aliphatic carbocycles. The van der Waals surface area contributed by atoms with E-state index in [2.05, 4.69) is 10.4 Å². The lowest BCUT2D eigenvalue weighted by molar-refractivity contribution is -0.133. The average Bonchev–Trinajstić information content (AvgIpc) is 3.51. The molecule has 31 heavy (non-hydrogen) atoms. The summed E-state index contributed by atoms with van der Waals surface area (Å²) in [5, 5.41) is 7.19. The SMILES string of the molecule is O=C(Nc1cccc(Cn2cccn2)c1)C1CCC(=O)N1Cc1ccc2c(c1)OCO2. The number of nitrogens with zero attached hydrogens (tertiary/aromatic N) is 3. The van der Waals surface area contributed by atoms with E-state index >= 15 is 0 Å². The molecule has 0 spiro atoms. The number of fused-ring (bicyclic) bond motifs is 1. The van der Waals surface area contributed by atoms with Crippen LogP contribution in [0.25, 0.3) is 0 Å². The second-order valence-electron chi connectivity index (χ2n) is 7.66. The van der Waals surface area contributed by atoms with Gasteiger partial charge in [-0.3, -0.25) is 14.3 Å². The number of aromatic nitrogens is 2. The van der Waals surface area contributed by atoms with Crippen LogP contribution in [0, 0.1) is 0 Å². The summed E-state index contributed by atoms with van der Waals surface area (Å²) in [6.07, 6.45) is 4.49. The summed E-state index contributed by atoms with van der Waals surface area (Å²) in [5.41, 5.74) is 2.64. The highest BCUT2D eigenvalue weighted by atomic mass is 16.7. The lowest BCUT2D eigenvalue weighted by Crippen LogP contribution is -2.41. The Hall–Kier alpha value is -3.81. The van der Waals surface area contributed by atoms with Crippen LogP contribution >= 0.6 is 0 Å². The van der Waals surface area contributed by atoms with Crippen molar-refractivity contribution in [2.24, 2.45) is 0 Å². The van der Waals surface area contributed by atoms with Gasteiger partial charge in [0.2, 0.25) is 18.6 Å². The van der Waals surface area contributed by atoms with Gasteiger partial charge in [-0.05, 0) is 47.9 Å². The number of nitrogens with one attached hydrogen (secondary N) is 1. The summed E-state index contributed by atoms with van der Waals surface area (Å²) >= 11 is 0. The number of rotatable bonds is 6. The van der Waals surface area contributed by atoms with Crippen molar-refractivity contribution < 1.29 is 19.1 Å². The topological polar surface area (TPSA) is 85.7 Å². The Balaban J connectivity index is 1.27. The largest absolute Gasteiger partial charge is 0.454 e. The monoisotopic (exact) mass is 418 g/mol. The fraction of sp³-hybridized carbons (Fsp3) is 0.261. The number of anilines is 1. The fourth-order valence-corrected chi connectivity index (χ4v) is 3.99. The molecule has 1 atom stereocenters. The zero-order chi connectivity index (χ0) is 21.2. The highest BCUT2D eigenvalue weighted by Crippen LogP contribution is 2.33. The maximum absolute atomic E-state index is 13.0. The minimum Gasteiger partial charge on any atom is -0.454 e. The van der Waals surface area contributed by atoms with E-state index in [0.717, 1.165) is 11.1 Å². The molecule has 3 aromatic rings. The van der Waals surface area contributed by atoms with E-state index in [1.54, 1.807) is 11.1 Å². The van der Waals surface area contributed by atoms with Crippen molar-refractivity contribution in [3.63, 3.8) is 0 Å². The van der Waals surface area contributed by atoms with Gasteiger partial charge in [-0.2, -0.15) is 5.10 Å². The van der Waals surface area contributed by atoms with Crippen molar-refractivity contribution in [2.75, 3.05) is 12.1 Å². The van der Waals surface area contributed by atoms with Crippen molar-refractivity contribution >= 4 is 17.5 Å². The van der Waals surface area contributed by atoms with E-state index in [1.807, 2.05) is 59.4 Å². The third-order valence-corrected chi connectivity index (χ3v) is 5.52. The van der Waals surface area contributed by atoms with Crippen LogP contribution < -0.4 is 14.8 Å². The molecule has 1 saturated heterocycles. The van der Waals surface area contributed by atoms with Crippen LogP contribution in [0.2, 0.25) is 0 Å². The van der Waals surface area contributed by atoms with Crippen molar-refractivity contribution in [1.29, 1.82) is 0 Å². The predicted molar refractivity (Wildman–Crippen MR) is 113 cm³/mol. The van der Waals surface area contributed by atoms with Gasteiger partial charge in [-0.1, -0.05) is 18.2 Å². The number of likely N-dealkylation sites (tertiary alicyclic amines) is 1. The normalized spacial score (nSPS) is 17.2. The summed E-state index contributed by atoms with van der Waals surface area (Å²) in [6, 6.07) is 14.6. The van der Waals surface area contributed by atoms with Gasteiger partial charge < -0.3 is 19.7 Å². The van der Waals surface area contributed by atoms with Gasteiger partial charge in [0, 0.05) is 31.0 Å². The molecular weight excluding hydrogens is 396 g/mol. The van der Waals surface area contributed by atoms with Gasteiger partial charge in [0.05, 0.1) is 6.54 Å². The first-order chi connectivity index (χ1) is 15.2. The third-order valence-electron chi connectivity index (χ3n) is 5.52.